The zero-order chi connectivity index (χ0) is 19.3. The summed E-state index contributed by atoms with van der Waals surface area (Å²) in [6.07, 6.45) is -4.39. The molecule has 2 aromatic carbocycles. The van der Waals surface area contributed by atoms with Gasteiger partial charge in [0, 0.05) is 5.69 Å². The topological polar surface area (TPSA) is 33.3 Å². The highest BCUT2D eigenvalue weighted by Gasteiger charge is 2.30. The number of thiocarbonyl (C=S) groups is 1. The van der Waals surface area contributed by atoms with E-state index >= 15 is 0 Å². The van der Waals surface area contributed by atoms with Crippen molar-refractivity contribution in [1.29, 1.82) is 0 Å². The van der Waals surface area contributed by atoms with Crippen molar-refractivity contribution < 1.29 is 17.9 Å². The van der Waals surface area contributed by atoms with E-state index < -0.39 is 11.7 Å². The van der Waals surface area contributed by atoms with Crippen LogP contribution in [0.3, 0.4) is 0 Å². The fourth-order valence-electron chi connectivity index (χ4n) is 2.23. The maximum Gasteiger partial charge on any atom is 0.416 e. The molecule has 2 rings (SSSR count). The van der Waals surface area contributed by atoms with E-state index in [1.165, 1.54) is 17.7 Å². The summed E-state index contributed by atoms with van der Waals surface area (Å²) in [6, 6.07) is 10.6. The van der Waals surface area contributed by atoms with Crippen molar-refractivity contribution in [2.45, 2.75) is 33.0 Å². The Balaban J connectivity index is 1.86. The normalized spacial score (nSPS) is 12.4. The van der Waals surface area contributed by atoms with Crippen molar-refractivity contribution in [1.82, 2.24) is 5.32 Å². The van der Waals surface area contributed by atoms with Crippen molar-refractivity contribution in [3.63, 3.8) is 0 Å². The van der Waals surface area contributed by atoms with Crippen molar-refractivity contribution in [3.8, 4) is 5.75 Å². The van der Waals surface area contributed by atoms with Crippen molar-refractivity contribution in [3.05, 3.63) is 59.2 Å². The van der Waals surface area contributed by atoms with Crippen LogP contribution in [0.1, 0.15) is 23.6 Å². The molecular weight excluding hydrogens is 361 g/mol. The summed E-state index contributed by atoms with van der Waals surface area (Å²) >= 11 is 5.16. The smallest absolute Gasteiger partial charge is 0.416 e. The molecule has 7 heteroatoms. The predicted molar refractivity (Wildman–Crippen MR) is 102 cm³/mol. The number of nitrogens with one attached hydrogen (secondary N) is 2. The molecule has 0 saturated heterocycles. The largest absolute Gasteiger partial charge is 0.491 e. The summed E-state index contributed by atoms with van der Waals surface area (Å²) in [5.74, 6) is 0.763. The Morgan fingerprint density at radius 3 is 2.50 bits per heavy atom. The number of halogens is 3. The van der Waals surface area contributed by atoms with Gasteiger partial charge in [0.2, 0.25) is 0 Å². The van der Waals surface area contributed by atoms with Crippen LogP contribution in [0.25, 0.3) is 0 Å². The van der Waals surface area contributed by atoms with Gasteiger partial charge in [0.05, 0.1) is 11.6 Å². The van der Waals surface area contributed by atoms with Gasteiger partial charge in [-0.1, -0.05) is 12.1 Å². The van der Waals surface area contributed by atoms with E-state index in [0.29, 0.717) is 6.61 Å². The minimum atomic E-state index is -4.39. The van der Waals surface area contributed by atoms with Crippen molar-refractivity contribution in [2.75, 3.05) is 11.9 Å². The minimum Gasteiger partial charge on any atom is -0.491 e. The van der Waals surface area contributed by atoms with Gasteiger partial charge in [-0.2, -0.15) is 13.2 Å². The van der Waals surface area contributed by atoms with Gasteiger partial charge >= 0.3 is 6.18 Å². The average Bonchev–Trinajstić information content (AvgIpc) is 2.55. The van der Waals surface area contributed by atoms with Crippen molar-refractivity contribution in [2.24, 2.45) is 0 Å². The summed E-state index contributed by atoms with van der Waals surface area (Å²) in [5, 5.41) is 6.00. The van der Waals surface area contributed by atoms with Crippen LogP contribution in [-0.2, 0) is 6.18 Å². The highest BCUT2D eigenvalue weighted by molar-refractivity contribution is 7.80. The number of hydrogen-bond donors (Lipinski definition) is 2. The van der Waals surface area contributed by atoms with Crippen LogP contribution in [0.4, 0.5) is 18.9 Å². The van der Waals surface area contributed by atoms with Crippen LogP contribution in [0.15, 0.2) is 42.5 Å². The van der Waals surface area contributed by atoms with Gasteiger partial charge in [-0.05, 0) is 74.4 Å². The Kier molecular flexibility index (Phi) is 6.47. The van der Waals surface area contributed by atoms with E-state index in [1.54, 1.807) is 0 Å². The molecule has 0 unspecified atom stereocenters. The maximum absolute atomic E-state index is 12.7. The van der Waals surface area contributed by atoms with E-state index in [-0.39, 0.29) is 16.8 Å². The number of hydrogen-bond acceptors (Lipinski definition) is 2. The molecule has 0 amide bonds. The number of anilines is 1. The highest BCUT2D eigenvalue weighted by atomic mass is 32.1. The third kappa shape index (κ3) is 5.91. The summed E-state index contributed by atoms with van der Waals surface area (Å²) in [4.78, 5) is 0. The molecule has 0 aliphatic heterocycles. The second-order valence-electron chi connectivity index (χ2n) is 6.14. The molecule has 0 saturated carbocycles. The first-order chi connectivity index (χ1) is 12.1. The second-order valence-corrected chi connectivity index (χ2v) is 6.54. The zero-order valence-corrected chi connectivity index (χ0v) is 15.6. The second kappa shape index (κ2) is 8.40. The Bertz CT molecular complexity index is 778. The van der Waals surface area contributed by atoms with E-state index in [2.05, 4.69) is 10.6 Å². The highest BCUT2D eigenvalue weighted by Crippen LogP contribution is 2.30. The first-order valence-electron chi connectivity index (χ1n) is 8.10. The Labute approximate surface area is 156 Å². The molecule has 0 aliphatic rings. The SMILES string of the molecule is Cc1ccc(OC[C@H](C)NC(=S)Nc2cccc(C(F)(F)F)c2)cc1C. The van der Waals surface area contributed by atoms with Crippen LogP contribution in [0.2, 0.25) is 0 Å². The lowest BCUT2D eigenvalue weighted by molar-refractivity contribution is -0.137. The molecule has 0 radical (unpaired) electrons. The van der Waals surface area contributed by atoms with Crippen LogP contribution in [0, 0.1) is 13.8 Å². The summed E-state index contributed by atoms with van der Waals surface area (Å²) in [5.41, 5.74) is 1.89. The third-order valence-corrected chi connectivity index (χ3v) is 4.02. The van der Waals surface area contributed by atoms with E-state index in [9.17, 15) is 13.2 Å². The summed E-state index contributed by atoms with van der Waals surface area (Å²) < 4.78 is 43.9. The Morgan fingerprint density at radius 1 is 1.12 bits per heavy atom. The summed E-state index contributed by atoms with van der Waals surface area (Å²) in [6.45, 7) is 6.28. The molecule has 140 valence electrons. The van der Waals surface area contributed by atoms with Crippen LogP contribution in [-0.4, -0.2) is 17.8 Å². The van der Waals surface area contributed by atoms with Gasteiger partial charge in [-0.15, -0.1) is 0 Å². The number of benzene rings is 2. The van der Waals surface area contributed by atoms with Gasteiger partial charge in [0.1, 0.15) is 12.4 Å². The van der Waals surface area contributed by atoms with Crippen molar-refractivity contribution >= 4 is 23.0 Å². The standard InChI is InChI=1S/C19H21F3N2OS/c1-12-7-8-17(9-13(12)2)25-11-14(3)23-18(26)24-16-6-4-5-15(10-16)19(20,21)22/h4-10,14H,11H2,1-3H3,(H2,23,24,26)/t14-/m0/s1. The molecule has 2 aromatic rings. The molecule has 3 nitrogen and oxygen atoms in total. The van der Waals surface area contributed by atoms with Crippen LogP contribution >= 0.6 is 12.2 Å². The molecule has 0 bridgehead atoms. The monoisotopic (exact) mass is 382 g/mol. The Hall–Kier alpha value is -2.28. The quantitative estimate of drug-likeness (QED) is 0.707. The van der Waals surface area contributed by atoms with Crippen LogP contribution in [0.5, 0.6) is 5.75 Å². The third-order valence-electron chi connectivity index (χ3n) is 3.80. The van der Waals surface area contributed by atoms with E-state index in [4.69, 9.17) is 17.0 Å². The van der Waals surface area contributed by atoms with Gasteiger partial charge in [-0.25, -0.2) is 0 Å². The molecule has 26 heavy (non-hydrogen) atoms. The number of rotatable bonds is 5. The molecule has 0 heterocycles. The fourth-order valence-corrected chi connectivity index (χ4v) is 2.55. The molecule has 0 spiro atoms. The van der Waals surface area contributed by atoms with Gasteiger partial charge in [0.15, 0.2) is 5.11 Å². The molecular formula is C19H21F3N2OS. The van der Waals surface area contributed by atoms with Crippen LogP contribution < -0.4 is 15.4 Å². The average molecular weight is 382 g/mol. The minimum absolute atomic E-state index is 0.123. The first-order valence-corrected chi connectivity index (χ1v) is 8.51. The van der Waals surface area contributed by atoms with E-state index in [1.807, 2.05) is 39.0 Å². The lowest BCUT2D eigenvalue weighted by atomic mass is 10.1. The zero-order valence-electron chi connectivity index (χ0n) is 14.8. The summed E-state index contributed by atoms with van der Waals surface area (Å²) in [7, 11) is 0. The molecule has 0 fully saturated rings. The molecule has 0 aliphatic carbocycles. The first kappa shape index (κ1) is 20.0. The number of aryl methyl sites for hydroxylation is 2. The maximum atomic E-state index is 12.7. The lowest BCUT2D eigenvalue weighted by Crippen LogP contribution is -2.39. The molecule has 1 atom stereocenters. The number of ether oxygens (including phenoxy) is 1. The predicted octanol–water partition coefficient (Wildman–Crippen LogP) is 5.08. The van der Waals surface area contributed by atoms with Gasteiger partial charge in [0.25, 0.3) is 0 Å². The lowest BCUT2D eigenvalue weighted by Gasteiger charge is -2.18. The van der Waals surface area contributed by atoms with Gasteiger partial charge in [-0.3, -0.25) is 0 Å². The van der Waals surface area contributed by atoms with Gasteiger partial charge < -0.3 is 15.4 Å². The molecule has 2 N–H and O–H groups in total. The fraction of sp³-hybridized carbons (Fsp3) is 0.316. The Morgan fingerprint density at radius 2 is 1.85 bits per heavy atom. The number of alkyl halides is 3. The van der Waals surface area contributed by atoms with E-state index in [0.717, 1.165) is 23.4 Å². The molecule has 0 aromatic heterocycles.